The molecule has 1 unspecified atom stereocenters. The van der Waals surface area contributed by atoms with Gasteiger partial charge in [0, 0.05) is 13.1 Å². The van der Waals surface area contributed by atoms with E-state index in [0.717, 1.165) is 35.6 Å². The Balaban J connectivity index is 1.79. The number of hydrogen-bond acceptors (Lipinski definition) is 5. The first-order valence-electron chi connectivity index (χ1n) is 7.15. The largest absolute Gasteiger partial charge is 0.423 e. The Kier molecular flexibility index (Phi) is 2.54. The van der Waals surface area contributed by atoms with Crippen molar-refractivity contribution in [3.63, 3.8) is 0 Å². The van der Waals surface area contributed by atoms with E-state index in [1.165, 1.54) is 5.56 Å². The van der Waals surface area contributed by atoms with E-state index in [2.05, 4.69) is 57.6 Å². The summed E-state index contributed by atoms with van der Waals surface area (Å²) in [5, 5.41) is 8.19. The van der Waals surface area contributed by atoms with Gasteiger partial charge in [0.2, 0.25) is 0 Å². The van der Waals surface area contributed by atoms with Crippen molar-refractivity contribution in [2.24, 2.45) is 0 Å². The molecular formula is C15H17N5O. The number of oxazole rings is 1. The number of aromatic nitrogens is 4. The molecule has 2 aromatic heterocycles. The number of aryl methyl sites for hydroxylation is 2. The van der Waals surface area contributed by atoms with Crippen molar-refractivity contribution in [2.45, 2.75) is 33.4 Å². The molecule has 1 atom stereocenters. The number of nitrogens with zero attached hydrogens (tertiary/aromatic N) is 5. The molecule has 0 fully saturated rings. The molecular weight excluding hydrogens is 266 g/mol. The molecule has 0 radical (unpaired) electrons. The summed E-state index contributed by atoms with van der Waals surface area (Å²) in [4.78, 5) is 6.82. The first-order chi connectivity index (χ1) is 10.1. The predicted octanol–water partition coefficient (Wildman–Crippen LogP) is 2.62. The summed E-state index contributed by atoms with van der Waals surface area (Å²) in [5.41, 5.74) is 4.11. The topological polar surface area (TPSA) is 60.0 Å². The molecule has 1 aliphatic rings. The Bertz CT molecular complexity index is 819. The summed E-state index contributed by atoms with van der Waals surface area (Å²) in [6, 6.07) is 4.95. The van der Waals surface area contributed by atoms with E-state index in [1.807, 2.05) is 0 Å². The van der Waals surface area contributed by atoms with Gasteiger partial charge >= 0.3 is 0 Å². The molecule has 0 spiro atoms. The number of rotatable bonds is 1. The molecule has 1 aliphatic heterocycles. The Labute approximate surface area is 122 Å². The van der Waals surface area contributed by atoms with Gasteiger partial charge in [-0.15, -0.1) is 10.2 Å². The zero-order valence-electron chi connectivity index (χ0n) is 12.4. The lowest BCUT2D eigenvalue weighted by atomic mass is 10.1. The van der Waals surface area contributed by atoms with Crippen molar-refractivity contribution < 1.29 is 4.42 Å². The first kappa shape index (κ1) is 12.4. The quantitative estimate of drug-likeness (QED) is 0.687. The Morgan fingerprint density at radius 1 is 1.24 bits per heavy atom. The zero-order valence-corrected chi connectivity index (χ0v) is 12.4. The lowest BCUT2D eigenvalue weighted by Gasteiger charge is -2.31. The molecule has 1 aromatic carbocycles. The highest BCUT2D eigenvalue weighted by molar-refractivity contribution is 5.79. The molecule has 0 saturated heterocycles. The maximum atomic E-state index is 6.01. The van der Waals surface area contributed by atoms with Crippen molar-refractivity contribution >= 4 is 17.1 Å². The van der Waals surface area contributed by atoms with E-state index in [1.54, 1.807) is 6.33 Å². The van der Waals surface area contributed by atoms with Gasteiger partial charge in [-0.3, -0.25) is 0 Å². The van der Waals surface area contributed by atoms with Gasteiger partial charge in [0.15, 0.2) is 11.4 Å². The van der Waals surface area contributed by atoms with Crippen molar-refractivity contribution in [3.05, 3.63) is 35.4 Å². The lowest BCUT2D eigenvalue weighted by molar-refractivity contribution is 0.452. The molecule has 0 amide bonds. The molecule has 0 saturated carbocycles. The maximum absolute atomic E-state index is 6.01. The van der Waals surface area contributed by atoms with Crippen molar-refractivity contribution in [1.29, 1.82) is 0 Å². The lowest BCUT2D eigenvalue weighted by Crippen LogP contribution is -2.37. The molecule has 3 heterocycles. The fourth-order valence-electron chi connectivity index (χ4n) is 3.06. The SMILES string of the molecule is Cc1cc(C)c2oc(N3CCn4cnnc4C3C)nc2c1. The zero-order chi connectivity index (χ0) is 14.6. The monoisotopic (exact) mass is 283 g/mol. The molecule has 4 rings (SSSR count). The number of benzene rings is 1. The van der Waals surface area contributed by atoms with Gasteiger partial charge in [0.25, 0.3) is 6.01 Å². The van der Waals surface area contributed by atoms with Gasteiger partial charge in [-0.05, 0) is 38.0 Å². The average molecular weight is 283 g/mol. The summed E-state index contributed by atoms with van der Waals surface area (Å²) >= 11 is 0. The third-order valence-electron chi connectivity index (χ3n) is 4.12. The molecule has 21 heavy (non-hydrogen) atoms. The third kappa shape index (κ3) is 1.82. The molecule has 108 valence electrons. The van der Waals surface area contributed by atoms with Gasteiger partial charge in [-0.1, -0.05) is 6.07 Å². The van der Waals surface area contributed by atoms with Crippen molar-refractivity contribution in [1.82, 2.24) is 19.7 Å². The second-order valence-corrected chi connectivity index (χ2v) is 5.68. The van der Waals surface area contributed by atoms with Gasteiger partial charge < -0.3 is 13.9 Å². The molecule has 0 aliphatic carbocycles. The van der Waals surface area contributed by atoms with E-state index < -0.39 is 0 Å². The van der Waals surface area contributed by atoms with Crippen LogP contribution in [0, 0.1) is 13.8 Å². The van der Waals surface area contributed by atoms with Crippen LogP contribution >= 0.6 is 0 Å². The van der Waals surface area contributed by atoms with Crippen molar-refractivity contribution in [3.8, 4) is 0 Å². The van der Waals surface area contributed by atoms with Crippen LogP contribution in [0.2, 0.25) is 0 Å². The van der Waals surface area contributed by atoms with Crippen LogP contribution in [-0.4, -0.2) is 26.3 Å². The Morgan fingerprint density at radius 2 is 2.10 bits per heavy atom. The summed E-state index contributed by atoms with van der Waals surface area (Å²) in [6.07, 6.45) is 1.78. The highest BCUT2D eigenvalue weighted by atomic mass is 16.4. The van der Waals surface area contributed by atoms with Crippen LogP contribution in [-0.2, 0) is 6.54 Å². The highest BCUT2D eigenvalue weighted by Gasteiger charge is 2.29. The Morgan fingerprint density at radius 3 is 2.95 bits per heavy atom. The minimum atomic E-state index is 0.107. The number of fused-ring (bicyclic) bond motifs is 2. The van der Waals surface area contributed by atoms with Crippen LogP contribution in [0.3, 0.4) is 0 Å². The van der Waals surface area contributed by atoms with Gasteiger partial charge in [-0.25, -0.2) is 0 Å². The first-order valence-corrected chi connectivity index (χ1v) is 7.15. The molecule has 6 nitrogen and oxygen atoms in total. The van der Waals surface area contributed by atoms with Gasteiger partial charge in [0.05, 0.1) is 6.04 Å². The van der Waals surface area contributed by atoms with Crippen LogP contribution in [0.5, 0.6) is 0 Å². The fraction of sp³-hybridized carbons (Fsp3) is 0.400. The van der Waals surface area contributed by atoms with E-state index in [4.69, 9.17) is 4.42 Å². The van der Waals surface area contributed by atoms with Gasteiger partial charge in [0.1, 0.15) is 11.8 Å². The molecule has 0 bridgehead atoms. The van der Waals surface area contributed by atoms with Crippen LogP contribution < -0.4 is 4.90 Å². The van der Waals surface area contributed by atoms with E-state index in [9.17, 15) is 0 Å². The van der Waals surface area contributed by atoms with Crippen LogP contribution in [0.1, 0.15) is 29.9 Å². The predicted molar refractivity (Wildman–Crippen MR) is 79.3 cm³/mol. The average Bonchev–Trinajstić information content (AvgIpc) is 3.05. The highest BCUT2D eigenvalue weighted by Crippen LogP contribution is 2.32. The Hall–Kier alpha value is -2.37. The summed E-state index contributed by atoms with van der Waals surface area (Å²) in [5.74, 6) is 0.955. The summed E-state index contributed by atoms with van der Waals surface area (Å²) in [6.45, 7) is 7.93. The summed E-state index contributed by atoms with van der Waals surface area (Å²) in [7, 11) is 0. The fourth-order valence-corrected chi connectivity index (χ4v) is 3.06. The molecule has 0 N–H and O–H groups in total. The van der Waals surface area contributed by atoms with Gasteiger partial charge in [-0.2, -0.15) is 4.98 Å². The number of hydrogen-bond donors (Lipinski definition) is 0. The number of anilines is 1. The smallest absolute Gasteiger partial charge is 0.299 e. The molecule has 6 heteroatoms. The summed E-state index contributed by atoms with van der Waals surface area (Å²) < 4.78 is 8.10. The van der Waals surface area contributed by atoms with Crippen LogP contribution in [0.4, 0.5) is 6.01 Å². The second-order valence-electron chi connectivity index (χ2n) is 5.68. The van der Waals surface area contributed by atoms with Crippen molar-refractivity contribution in [2.75, 3.05) is 11.4 Å². The third-order valence-corrected chi connectivity index (χ3v) is 4.12. The van der Waals surface area contributed by atoms with E-state index in [0.29, 0.717) is 6.01 Å². The van der Waals surface area contributed by atoms with E-state index in [-0.39, 0.29) is 6.04 Å². The second kappa shape index (κ2) is 4.31. The minimum absolute atomic E-state index is 0.107. The molecule has 3 aromatic rings. The van der Waals surface area contributed by atoms with Crippen LogP contribution in [0.15, 0.2) is 22.9 Å². The normalized spacial score (nSPS) is 18.2. The van der Waals surface area contributed by atoms with E-state index >= 15 is 0 Å². The standard InChI is InChI=1S/C15H17N5O/c1-9-6-10(2)13-12(7-9)17-15(21-13)20-5-4-19-8-16-18-14(19)11(20)3/h6-8,11H,4-5H2,1-3H3. The minimum Gasteiger partial charge on any atom is -0.423 e. The van der Waals surface area contributed by atoms with Crippen LogP contribution in [0.25, 0.3) is 11.1 Å². The maximum Gasteiger partial charge on any atom is 0.299 e.